The van der Waals surface area contributed by atoms with E-state index in [2.05, 4.69) is 172 Å². The first-order valence-corrected chi connectivity index (χ1v) is 36.5. The molecule has 17 rings (SSSR count). The number of nitrogens with zero attached hydrogens (tertiary/aromatic N) is 10. The third-order valence-electron chi connectivity index (χ3n) is 16.4. The Morgan fingerprint density at radius 3 is 1.04 bits per heavy atom. The van der Waals surface area contributed by atoms with Crippen molar-refractivity contribution in [3.8, 4) is 119 Å². The normalized spacial score (nSPS) is 10.3. The molecule has 0 saturated carbocycles. The van der Waals surface area contributed by atoms with E-state index < -0.39 is 15.1 Å². The van der Waals surface area contributed by atoms with Crippen molar-refractivity contribution in [2.24, 2.45) is 0 Å². The fourth-order valence-corrected chi connectivity index (χ4v) is 13.8. The van der Waals surface area contributed by atoms with E-state index in [1.165, 1.54) is 7.14 Å². The lowest BCUT2D eigenvalue weighted by Crippen LogP contribution is -3.61. The van der Waals surface area contributed by atoms with Gasteiger partial charge in [-0.2, -0.15) is 14.8 Å². The van der Waals surface area contributed by atoms with Crippen molar-refractivity contribution in [1.29, 1.82) is 0 Å². The Bertz CT molecular complexity index is 5280. The summed E-state index contributed by atoms with van der Waals surface area (Å²) < 4.78 is 83.4. The van der Waals surface area contributed by atoms with E-state index in [4.69, 9.17) is 24.8 Å². The summed E-state index contributed by atoms with van der Waals surface area (Å²) in [6.07, 6.45) is 3.72. The van der Waals surface area contributed by atoms with Crippen LogP contribution in [0.1, 0.15) is 0 Å². The van der Waals surface area contributed by atoms with Crippen molar-refractivity contribution >= 4 is 15.1 Å². The summed E-state index contributed by atoms with van der Waals surface area (Å²) >= 11 is 0.0287. The fourth-order valence-electron chi connectivity index (χ4n) is 11.5. The molecule has 0 atom stereocenters. The highest BCUT2D eigenvalue weighted by molar-refractivity contribution is 6.33. The third-order valence-corrected chi connectivity index (χ3v) is 19.1. The lowest BCUT2D eigenvalue weighted by Gasteiger charge is -2.09. The van der Waals surface area contributed by atoms with Crippen molar-refractivity contribution in [2.75, 3.05) is 0 Å². The summed E-state index contributed by atoms with van der Waals surface area (Å²) in [4.78, 5) is 4.48. The van der Waals surface area contributed by atoms with Crippen LogP contribution in [0, 0.1) is 7.14 Å². The maximum absolute atomic E-state index is 9.67. The smallest absolute Gasteiger partial charge is 0.762 e. The Kier molecular flexibility index (Phi) is 27.8. The van der Waals surface area contributed by atoms with Crippen molar-refractivity contribution in [3.05, 3.63) is 402 Å². The molecule has 12 nitrogen and oxygen atoms in total. The Hall–Kier alpha value is -13.5. The number of ether oxygens (including phenoxy) is 2. The van der Waals surface area contributed by atoms with Crippen LogP contribution in [0.4, 0.5) is 25.9 Å². The molecule has 4 heterocycles. The quantitative estimate of drug-likeness (QED) is 0.0387. The lowest BCUT2D eigenvalue weighted by atomic mass is 10.1. The first kappa shape index (κ1) is 78.5. The molecule has 0 aliphatic carbocycles. The molecule has 0 saturated heterocycles. The molecule has 23 heteroatoms. The van der Waals surface area contributed by atoms with Gasteiger partial charge in [-0.15, -0.1) is 5.10 Å². The second kappa shape index (κ2) is 39.3. The van der Waals surface area contributed by atoms with Crippen LogP contribution < -0.4 is 44.7 Å². The van der Waals surface area contributed by atoms with E-state index in [0.29, 0.717) is 17.3 Å². The minimum absolute atomic E-state index is 0. The predicted molar refractivity (Wildman–Crippen MR) is 415 cm³/mol. The first-order valence-electron chi connectivity index (χ1n) is 34.4. The second-order valence-electron chi connectivity index (χ2n) is 23.8. The van der Waals surface area contributed by atoms with Gasteiger partial charge < -0.3 is 18.9 Å². The van der Waals surface area contributed by atoms with E-state index in [1.807, 2.05) is 245 Å². The van der Waals surface area contributed by atoms with Gasteiger partial charge in [0, 0.05) is 39.9 Å². The molecular weight excluding hydrogens is 1530 g/mol. The van der Waals surface area contributed by atoms with E-state index in [9.17, 15) is 25.9 Å². The van der Waals surface area contributed by atoms with E-state index in [1.54, 1.807) is 11.0 Å². The highest BCUT2D eigenvalue weighted by atomic mass is 127. The Morgan fingerprint density at radius 2 is 0.622 bits per heavy atom. The molecule has 548 valence electrons. The SMILES string of the molecule is FB(F)F.FB(F)F.[F-].[F-].c1ccc(-c2cc(-c3cccc(Oc4cccc(-n5c[n+](-c6ccccc6)c(-c6ccccc6)n5)c4)c3)nn2-c2ccccc2)cc1.c1ccc(-c2ncn(-c3cccc(Oc4cccc(-c5cc(-c6ccccc6)n(-c6ccccc6)n5)c4)c3)n2)cc1.c1ccc([I+]c2ccccc2)cc1. The highest BCUT2D eigenvalue weighted by Gasteiger charge is 2.23. The van der Waals surface area contributed by atoms with Crippen molar-refractivity contribution in [1.82, 2.24) is 44.1 Å². The first-order chi connectivity index (χ1) is 53.5. The predicted octanol–water partition coefficient (Wildman–Crippen LogP) is 13.0. The molecule has 0 bridgehead atoms. The van der Waals surface area contributed by atoms with Gasteiger partial charge in [0.2, 0.25) is 6.33 Å². The molecule has 0 N–H and O–H groups in total. The van der Waals surface area contributed by atoms with Crippen LogP contribution in [-0.2, 0) is 0 Å². The standard InChI is InChI=1S/C41H30N5O.C35H25N5O.C12H10I.2BF3.2FH/c1-5-15-31(16-6-1)40-29-39(42-46(40)35-22-11-4-12-23-35)33-19-13-25-37(27-33)47-38-26-14-24-36(28-38)45-30-44(34-20-9-3-10-21-34)41(43-45)32-17-7-2-8-18-32;1-4-12-26(13-5-1)34-24-33(37-40(34)29-17-8-3-9-18-29)28-16-10-20-31(22-28)41-32-21-11-19-30(23-32)39-25-36-35(38-39)27-14-6-2-7-15-27;1-3-7-11(8-4-1)13-12-9-5-2-6-10-12;2*2-1(3)4;;/h1-30H;1-25H;1-10H;;;2*1H/q+1;;+1;;;;/p-2. The number of para-hydroxylation sites is 3. The monoisotopic (exact) mass is 1590 g/mol. The zero-order chi connectivity index (χ0) is 74.9. The van der Waals surface area contributed by atoms with Crippen LogP contribution in [0.3, 0.4) is 0 Å². The van der Waals surface area contributed by atoms with Gasteiger partial charge in [-0.3, -0.25) is 25.9 Å². The van der Waals surface area contributed by atoms with Crippen LogP contribution >= 0.6 is 0 Å². The van der Waals surface area contributed by atoms with Crippen LogP contribution in [0.2, 0.25) is 0 Å². The summed E-state index contributed by atoms with van der Waals surface area (Å²) in [6, 6.07) is 129. The molecule has 0 aliphatic rings. The topological polar surface area (TPSA) is 107 Å². The molecular formula is C88H65B2F8IN10O2. The highest BCUT2D eigenvalue weighted by Crippen LogP contribution is 2.35. The Morgan fingerprint density at radius 1 is 0.297 bits per heavy atom. The van der Waals surface area contributed by atoms with Crippen LogP contribution in [0.25, 0.3) is 96.2 Å². The second-order valence-corrected chi connectivity index (χ2v) is 26.9. The van der Waals surface area contributed by atoms with Crippen LogP contribution in [0.15, 0.2) is 395 Å². The van der Waals surface area contributed by atoms with Gasteiger partial charge >= 0.3 is 42.1 Å². The van der Waals surface area contributed by atoms with Gasteiger partial charge in [0.1, 0.15) is 40.7 Å². The maximum atomic E-state index is 9.67. The zero-order valence-electron chi connectivity index (χ0n) is 58.9. The van der Waals surface area contributed by atoms with Crippen molar-refractivity contribution in [3.63, 3.8) is 0 Å². The zero-order valence-corrected chi connectivity index (χ0v) is 61.0. The van der Waals surface area contributed by atoms with Crippen molar-refractivity contribution < 1.29 is 70.5 Å². The number of hydrogen-bond donors (Lipinski definition) is 0. The van der Waals surface area contributed by atoms with Gasteiger partial charge in [-0.05, 0) is 133 Å². The molecule has 0 unspecified atom stereocenters. The molecule has 0 amide bonds. The maximum Gasteiger partial charge on any atom is 0.762 e. The summed E-state index contributed by atoms with van der Waals surface area (Å²) in [7, 11) is -7.33. The molecule has 0 radical (unpaired) electrons. The third kappa shape index (κ3) is 21.6. The molecule has 0 fully saturated rings. The summed E-state index contributed by atoms with van der Waals surface area (Å²) in [5, 5.41) is 19.7. The summed E-state index contributed by atoms with van der Waals surface area (Å²) in [5.74, 6) is 4.38. The van der Waals surface area contributed by atoms with Gasteiger partial charge in [0.05, 0.1) is 50.5 Å². The van der Waals surface area contributed by atoms with Crippen molar-refractivity contribution in [2.45, 2.75) is 0 Å². The average Bonchev–Trinajstić information content (AvgIpc) is 1.66. The number of hydrogen-bond acceptors (Lipinski definition) is 7. The van der Waals surface area contributed by atoms with E-state index in [-0.39, 0.29) is 30.6 Å². The summed E-state index contributed by atoms with van der Waals surface area (Å²) in [6.45, 7) is 0. The van der Waals surface area contributed by atoms with Crippen LogP contribution in [0.5, 0.6) is 23.0 Å². The molecule has 13 aromatic carbocycles. The largest absolute Gasteiger partial charge is 1.00 e. The number of aromatic nitrogens is 10. The minimum Gasteiger partial charge on any atom is -1.00 e. The molecule has 17 aromatic rings. The Balaban J connectivity index is 0.000000173. The van der Waals surface area contributed by atoms with Gasteiger partial charge in [0.15, 0.2) is 13.0 Å². The number of benzene rings is 13. The molecule has 111 heavy (non-hydrogen) atoms. The van der Waals surface area contributed by atoms with Crippen LogP contribution in [-0.4, -0.2) is 59.2 Å². The lowest BCUT2D eigenvalue weighted by molar-refractivity contribution is -0.597. The van der Waals surface area contributed by atoms with E-state index >= 15 is 0 Å². The van der Waals surface area contributed by atoms with Gasteiger partial charge in [-0.1, -0.05) is 241 Å². The fraction of sp³-hybridized carbons (Fsp3) is 0. The minimum atomic E-state index is -3.67. The number of halogens is 9. The van der Waals surface area contributed by atoms with E-state index in [0.717, 1.165) is 102 Å². The van der Waals surface area contributed by atoms with Gasteiger partial charge in [-0.25, -0.2) is 19.0 Å². The van der Waals surface area contributed by atoms with Gasteiger partial charge in [0.25, 0.3) is 0 Å². The Labute approximate surface area is 646 Å². The molecule has 4 aromatic heterocycles. The molecule has 0 spiro atoms. The molecule has 0 aliphatic heterocycles. The summed E-state index contributed by atoms with van der Waals surface area (Å²) in [5.41, 5.74) is 14.7. The average molecular weight is 1600 g/mol. The number of rotatable bonds is 17.